The Morgan fingerprint density at radius 1 is 1.33 bits per heavy atom. The number of aromatic nitrogens is 3. The maximum absolute atomic E-state index is 10.9. The third-order valence-corrected chi connectivity index (χ3v) is 3.16. The molecule has 21 heavy (non-hydrogen) atoms. The molecule has 0 fully saturated rings. The van der Waals surface area contributed by atoms with Crippen LogP contribution in [0.15, 0.2) is 42.9 Å². The van der Waals surface area contributed by atoms with Crippen molar-refractivity contribution in [2.45, 2.75) is 6.42 Å². The fraction of sp³-hybridized carbons (Fsp3) is 0.0667. The van der Waals surface area contributed by atoms with Gasteiger partial charge in [-0.05, 0) is 12.1 Å². The lowest BCUT2D eigenvalue weighted by atomic mass is 10.1. The monoisotopic (exact) mass is 278 g/mol. The first-order chi connectivity index (χ1) is 10.2. The van der Waals surface area contributed by atoms with Gasteiger partial charge in [-0.25, -0.2) is 9.78 Å². The number of rotatable bonds is 3. The van der Waals surface area contributed by atoms with Crippen molar-refractivity contribution in [2.24, 2.45) is 0 Å². The van der Waals surface area contributed by atoms with Gasteiger partial charge >= 0.3 is 5.97 Å². The molecule has 102 valence electrons. The highest BCUT2D eigenvalue weighted by Crippen LogP contribution is 2.23. The standard InChI is InChI=1S/C15H10N4O2/c16-6-5-12-13-9-17-7-8-19(13)14(18-12)10-1-3-11(4-2-10)15(20)21/h1-4,7-9H,5H2,(H,20,21). The summed E-state index contributed by atoms with van der Waals surface area (Å²) in [6.07, 6.45) is 5.26. The molecule has 2 heterocycles. The molecule has 2 aromatic heterocycles. The normalized spacial score (nSPS) is 10.4. The number of fused-ring (bicyclic) bond motifs is 1. The third-order valence-electron chi connectivity index (χ3n) is 3.16. The number of hydrogen-bond acceptors (Lipinski definition) is 4. The second kappa shape index (κ2) is 5.06. The van der Waals surface area contributed by atoms with Gasteiger partial charge in [0, 0.05) is 18.0 Å². The van der Waals surface area contributed by atoms with Crippen LogP contribution in [0.3, 0.4) is 0 Å². The largest absolute Gasteiger partial charge is 0.478 e. The fourth-order valence-corrected chi connectivity index (χ4v) is 2.17. The summed E-state index contributed by atoms with van der Waals surface area (Å²) in [4.78, 5) is 19.4. The Bertz CT molecular complexity index is 860. The van der Waals surface area contributed by atoms with E-state index >= 15 is 0 Å². The zero-order valence-electron chi connectivity index (χ0n) is 10.9. The van der Waals surface area contributed by atoms with Gasteiger partial charge < -0.3 is 5.11 Å². The van der Waals surface area contributed by atoms with Gasteiger partial charge in [-0.3, -0.25) is 9.38 Å². The molecule has 0 spiro atoms. The SMILES string of the molecule is N#CCc1nc(-c2ccc(C(=O)O)cc2)n2ccncc12. The van der Waals surface area contributed by atoms with Crippen molar-refractivity contribution < 1.29 is 9.90 Å². The first kappa shape index (κ1) is 12.8. The number of nitrogens with zero attached hydrogens (tertiary/aromatic N) is 4. The fourth-order valence-electron chi connectivity index (χ4n) is 2.17. The van der Waals surface area contributed by atoms with Gasteiger partial charge in [-0.15, -0.1) is 0 Å². The molecule has 1 N–H and O–H groups in total. The number of benzene rings is 1. The summed E-state index contributed by atoms with van der Waals surface area (Å²) in [6.45, 7) is 0. The summed E-state index contributed by atoms with van der Waals surface area (Å²) >= 11 is 0. The van der Waals surface area contributed by atoms with Crippen molar-refractivity contribution in [3.8, 4) is 17.5 Å². The first-order valence-electron chi connectivity index (χ1n) is 6.22. The minimum absolute atomic E-state index is 0.197. The molecule has 6 nitrogen and oxygen atoms in total. The highest BCUT2D eigenvalue weighted by Gasteiger charge is 2.13. The van der Waals surface area contributed by atoms with Gasteiger partial charge in [0.25, 0.3) is 0 Å². The topological polar surface area (TPSA) is 91.3 Å². The molecule has 3 rings (SSSR count). The van der Waals surface area contributed by atoms with Gasteiger partial charge in [0.2, 0.25) is 0 Å². The van der Waals surface area contributed by atoms with E-state index in [9.17, 15) is 4.79 Å². The van der Waals surface area contributed by atoms with Gasteiger partial charge in [-0.1, -0.05) is 12.1 Å². The van der Waals surface area contributed by atoms with E-state index in [4.69, 9.17) is 10.4 Å². The first-order valence-corrected chi connectivity index (χ1v) is 6.22. The van der Waals surface area contributed by atoms with Crippen molar-refractivity contribution >= 4 is 11.5 Å². The second-order valence-electron chi connectivity index (χ2n) is 4.43. The highest BCUT2D eigenvalue weighted by atomic mass is 16.4. The van der Waals surface area contributed by atoms with Gasteiger partial charge in [0.05, 0.1) is 35.5 Å². The van der Waals surface area contributed by atoms with E-state index in [-0.39, 0.29) is 12.0 Å². The number of aromatic carboxylic acids is 1. The molecule has 0 aliphatic rings. The predicted molar refractivity (Wildman–Crippen MR) is 74.7 cm³/mol. The second-order valence-corrected chi connectivity index (χ2v) is 4.43. The molecule has 0 saturated heterocycles. The van der Waals surface area contributed by atoms with E-state index < -0.39 is 5.97 Å². The van der Waals surface area contributed by atoms with Crippen LogP contribution in [0, 0.1) is 11.3 Å². The minimum atomic E-state index is -0.969. The molecule has 0 bridgehead atoms. The maximum Gasteiger partial charge on any atom is 0.335 e. The zero-order valence-corrected chi connectivity index (χ0v) is 10.9. The van der Waals surface area contributed by atoms with Crippen molar-refractivity contribution in [2.75, 3.05) is 0 Å². The Hall–Kier alpha value is -3.20. The molecule has 0 amide bonds. The molecular formula is C15H10N4O2. The van der Waals surface area contributed by atoms with Crippen molar-refractivity contribution in [3.05, 3.63) is 54.1 Å². The van der Waals surface area contributed by atoms with Crippen LogP contribution in [0.1, 0.15) is 16.1 Å². The van der Waals surface area contributed by atoms with Crippen molar-refractivity contribution in [1.82, 2.24) is 14.4 Å². The molecule has 0 atom stereocenters. The van der Waals surface area contributed by atoms with Crippen LogP contribution in [0.5, 0.6) is 0 Å². The van der Waals surface area contributed by atoms with Gasteiger partial charge in [-0.2, -0.15) is 5.26 Å². The Morgan fingerprint density at radius 3 is 2.76 bits per heavy atom. The van der Waals surface area contributed by atoms with Crippen LogP contribution in [-0.2, 0) is 6.42 Å². The summed E-state index contributed by atoms with van der Waals surface area (Å²) in [7, 11) is 0. The van der Waals surface area contributed by atoms with E-state index in [0.29, 0.717) is 11.5 Å². The number of carboxylic acid groups (broad SMARTS) is 1. The Labute approximate surface area is 119 Å². The molecule has 1 aromatic carbocycles. The van der Waals surface area contributed by atoms with E-state index in [1.807, 2.05) is 4.40 Å². The quantitative estimate of drug-likeness (QED) is 0.792. The molecule has 0 radical (unpaired) electrons. The highest BCUT2D eigenvalue weighted by molar-refractivity contribution is 5.88. The summed E-state index contributed by atoms with van der Waals surface area (Å²) < 4.78 is 1.84. The smallest absolute Gasteiger partial charge is 0.335 e. The molecule has 0 unspecified atom stereocenters. The third kappa shape index (κ3) is 2.21. The number of nitriles is 1. The van der Waals surface area contributed by atoms with Crippen molar-refractivity contribution in [1.29, 1.82) is 5.26 Å². The number of imidazole rings is 1. The van der Waals surface area contributed by atoms with Crippen LogP contribution in [-0.4, -0.2) is 25.4 Å². The van der Waals surface area contributed by atoms with Crippen LogP contribution < -0.4 is 0 Å². The zero-order chi connectivity index (χ0) is 14.8. The van der Waals surface area contributed by atoms with E-state index in [2.05, 4.69) is 16.0 Å². The van der Waals surface area contributed by atoms with E-state index in [1.54, 1.807) is 30.7 Å². The molecule has 3 aromatic rings. The lowest BCUT2D eigenvalue weighted by Gasteiger charge is -2.01. The molecule has 0 aliphatic carbocycles. The number of carbonyl (C=O) groups is 1. The Kier molecular flexibility index (Phi) is 3.09. The summed E-state index contributed by atoms with van der Waals surface area (Å²) in [5, 5.41) is 17.8. The molecule has 0 saturated carbocycles. The average Bonchev–Trinajstić information content (AvgIpc) is 2.87. The summed E-state index contributed by atoms with van der Waals surface area (Å²) in [5.41, 5.74) is 2.43. The molecular weight excluding hydrogens is 268 g/mol. The van der Waals surface area contributed by atoms with Crippen LogP contribution in [0.4, 0.5) is 0 Å². The van der Waals surface area contributed by atoms with Gasteiger partial charge in [0.1, 0.15) is 5.82 Å². The van der Waals surface area contributed by atoms with Crippen LogP contribution in [0.2, 0.25) is 0 Å². The lowest BCUT2D eigenvalue weighted by Crippen LogP contribution is -1.96. The molecule has 6 heteroatoms. The molecule has 0 aliphatic heterocycles. The summed E-state index contributed by atoms with van der Waals surface area (Å²) in [6, 6.07) is 8.55. The Morgan fingerprint density at radius 2 is 2.10 bits per heavy atom. The van der Waals surface area contributed by atoms with Crippen LogP contribution in [0.25, 0.3) is 16.9 Å². The van der Waals surface area contributed by atoms with Crippen LogP contribution >= 0.6 is 0 Å². The maximum atomic E-state index is 10.9. The number of carboxylic acids is 1. The average molecular weight is 278 g/mol. The van der Waals surface area contributed by atoms with Gasteiger partial charge in [0.15, 0.2) is 0 Å². The van der Waals surface area contributed by atoms with Crippen molar-refractivity contribution in [3.63, 3.8) is 0 Å². The lowest BCUT2D eigenvalue weighted by molar-refractivity contribution is 0.0697. The minimum Gasteiger partial charge on any atom is -0.478 e. The summed E-state index contributed by atoms with van der Waals surface area (Å²) in [5.74, 6) is -0.307. The number of hydrogen-bond donors (Lipinski definition) is 1. The van der Waals surface area contributed by atoms with E-state index in [1.165, 1.54) is 12.1 Å². The van der Waals surface area contributed by atoms with E-state index in [0.717, 1.165) is 11.1 Å². The predicted octanol–water partition coefficient (Wildman–Crippen LogP) is 2.16. The Balaban J connectivity index is 2.16.